The molecule has 0 aliphatic rings. The highest BCUT2D eigenvalue weighted by atomic mass is 16.6. The van der Waals surface area contributed by atoms with Gasteiger partial charge < -0.3 is 14.4 Å². The molecule has 162 valence electrons. The van der Waals surface area contributed by atoms with Crippen molar-refractivity contribution < 1.29 is 19.1 Å². The second kappa shape index (κ2) is 9.33. The predicted molar refractivity (Wildman–Crippen MR) is 119 cm³/mol. The van der Waals surface area contributed by atoms with Gasteiger partial charge in [-0.3, -0.25) is 0 Å². The molecule has 0 aliphatic carbocycles. The van der Waals surface area contributed by atoms with E-state index >= 15 is 0 Å². The Morgan fingerprint density at radius 1 is 0.900 bits per heavy atom. The smallest absolute Gasteiger partial charge is 0.415 e. The summed E-state index contributed by atoms with van der Waals surface area (Å²) in [6.07, 6.45) is -0.470. The van der Waals surface area contributed by atoms with Crippen LogP contribution in [-0.4, -0.2) is 29.0 Å². The largest absolute Gasteiger partial charge is 0.419 e. The maximum atomic E-state index is 12.9. The number of carbonyl (C=O) groups is 2. The Balaban J connectivity index is 2.48. The lowest BCUT2D eigenvalue weighted by molar-refractivity contribution is 0.0722. The third kappa shape index (κ3) is 5.62. The van der Waals surface area contributed by atoms with Gasteiger partial charge in [-0.05, 0) is 69.4 Å². The molecule has 0 atom stereocenters. The summed E-state index contributed by atoms with van der Waals surface area (Å²) in [5.41, 5.74) is 1.99. The Morgan fingerprint density at radius 2 is 1.47 bits per heavy atom. The molecular formula is C25H33NO4. The fourth-order valence-corrected chi connectivity index (χ4v) is 3.27. The van der Waals surface area contributed by atoms with Crippen molar-refractivity contribution in [1.82, 2.24) is 4.90 Å². The molecule has 0 heterocycles. The number of ether oxygens (including phenoxy) is 2. The Bertz CT molecular complexity index is 887. The summed E-state index contributed by atoms with van der Waals surface area (Å²) >= 11 is 0. The van der Waals surface area contributed by atoms with E-state index in [-0.39, 0.29) is 29.0 Å². The third-order valence-electron chi connectivity index (χ3n) is 4.83. The van der Waals surface area contributed by atoms with Gasteiger partial charge >= 0.3 is 12.1 Å². The van der Waals surface area contributed by atoms with Crippen molar-refractivity contribution in [3.05, 3.63) is 59.2 Å². The normalized spacial score (nSPS) is 11.5. The first-order valence-electron chi connectivity index (χ1n) is 10.3. The summed E-state index contributed by atoms with van der Waals surface area (Å²) in [5.74, 6) is 0.0160. The van der Waals surface area contributed by atoms with E-state index in [0.717, 1.165) is 11.1 Å². The Labute approximate surface area is 180 Å². The number of amides is 1. The summed E-state index contributed by atoms with van der Waals surface area (Å²) in [4.78, 5) is 27.3. The van der Waals surface area contributed by atoms with E-state index in [0.29, 0.717) is 5.56 Å². The van der Waals surface area contributed by atoms with E-state index in [1.165, 1.54) is 0 Å². The van der Waals surface area contributed by atoms with Gasteiger partial charge in [0.25, 0.3) is 0 Å². The lowest BCUT2D eigenvalue weighted by atomic mass is 9.86. The summed E-state index contributed by atoms with van der Waals surface area (Å²) in [7, 11) is 0. The average Bonchev–Trinajstić information content (AvgIpc) is 2.63. The molecule has 30 heavy (non-hydrogen) atoms. The fourth-order valence-electron chi connectivity index (χ4n) is 3.27. The zero-order chi connectivity index (χ0) is 22.6. The van der Waals surface area contributed by atoms with Crippen molar-refractivity contribution in [2.75, 3.05) is 0 Å². The van der Waals surface area contributed by atoms with E-state index in [1.54, 1.807) is 35.2 Å². The molecule has 1 amide bonds. The van der Waals surface area contributed by atoms with Gasteiger partial charge in [0.15, 0.2) is 11.5 Å². The molecule has 0 radical (unpaired) electrons. The molecule has 0 unspecified atom stereocenters. The quantitative estimate of drug-likeness (QED) is 0.439. The zero-order valence-corrected chi connectivity index (χ0v) is 19.3. The minimum atomic E-state index is -0.496. The van der Waals surface area contributed by atoms with Crippen LogP contribution in [0.15, 0.2) is 42.5 Å². The van der Waals surface area contributed by atoms with Crippen molar-refractivity contribution in [3.63, 3.8) is 0 Å². The number of aryl methyl sites for hydroxylation is 1. The highest BCUT2D eigenvalue weighted by molar-refractivity contribution is 5.91. The zero-order valence-electron chi connectivity index (χ0n) is 19.3. The molecule has 2 rings (SSSR count). The maximum absolute atomic E-state index is 12.9. The Hall–Kier alpha value is -2.82. The number of esters is 1. The average molecular weight is 412 g/mol. The van der Waals surface area contributed by atoms with Crippen molar-refractivity contribution in [2.24, 2.45) is 0 Å². The molecule has 0 saturated heterocycles. The highest BCUT2D eigenvalue weighted by Gasteiger charge is 2.27. The van der Waals surface area contributed by atoms with Crippen LogP contribution in [0.3, 0.4) is 0 Å². The second-order valence-corrected chi connectivity index (χ2v) is 9.09. The molecule has 0 spiro atoms. The number of nitrogens with zero attached hydrogens (tertiary/aromatic N) is 1. The molecule has 0 bridgehead atoms. The monoisotopic (exact) mass is 411 g/mol. The molecule has 0 fully saturated rings. The fraction of sp³-hybridized carbons (Fsp3) is 0.440. The first kappa shape index (κ1) is 23.5. The number of rotatable bonds is 5. The van der Waals surface area contributed by atoms with Crippen LogP contribution in [0, 0.1) is 6.92 Å². The van der Waals surface area contributed by atoms with Crippen molar-refractivity contribution in [3.8, 4) is 11.5 Å². The van der Waals surface area contributed by atoms with Gasteiger partial charge in [0.05, 0.1) is 5.56 Å². The molecule has 5 heteroatoms. The molecule has 2 aromatic rings. The van der Waals surface area contributed by atoms with Crippen LogP contribution in [0.2, 0.25) is 0 Å². The van der Waals surface area contributed by atoms with Crippen LogP contribution in [0.1, 0.15) is 70.0 Å². The molecule has 0 aliphatic heterocycles. The van der Waals surface area contributed by atoms with Crippen molar-refractivity contribution >= 4 is 12.1 Å². The molecule has 5 nitrogen and oxygen atoms in total. The number of carbonyl (C=O) groups excluding carboxylic acids is 2. The van der Waals surface area contributed by atoms with E-state index in [4.69, 9.17) is 9.47 Å². The maximum Gasteiger partial charge on any atom is 0.415 e. The molecule has 0 saturated carbocycles. The third-order valence-corrected chi connectivity index (χ3v) is 4.83. The van der Waals surface area contributed by atoms with E-state index in [2.05, 4.69) is 20.8 Å². The van der Waals surface area contributed by atoms with Crippen LogP contribution in [0.4, 0.5) is 4.79 Å². The van der Waals surface area contributed by atoms with Crippen LogP contribution < -0.4 is 9.47 Å². The van der Waals surface area contributed by atoms with Crippen LogP contribution in [0.25, 0.3) is 0 Å². The Kier molecular flexibility index (Phi) is 7.30. The molecule has 0 aromatic heterocycles. The van der Waals surface area contributed by atoms with Crippen LogP contribution >= 0.6 is 0 Å². The minimum absolute atomic E-state index is 0.0280. The summed E-state index contributed by atoms with van der Waals surface area (Å²) < 4.78 is 11.5. The lowest BCUT2D eigenvalue weighted by Gasteiger charge is -2.30. The van der Waals surface area contributed by atoms with E-state index in [9.17, 15) is 9.59 Å². The van der Waals surface area contributed by atoms with Gasteiger partial charge in [-0.1, -0.05) is 45.0 Å². The van der Waals surface area contributed by atoms with Crippen LogP contribution in [-0.2, 0) is 5.41 Å². The minimum Gasteiger partial charge on any atom is -0.419 e. The number of hydrogen-bond donors (Lipinski definition) is 0. The Morgan fingerprint density at radius 3 is 1.97 bits per heavy atom. The predicted octanol–water partition coefficient (Wildman–Crippen LogP) is 6.13. The first-order chi connectivity index (χ1) is 13.9. The standard InChI is InChI=1S/C25H33NO4/c1-16(2)26(17(3)4)24(28)29-21-15-20(25(6,7)8)14-18(5)22(21)30-23(27)19-12-10-9-11-13-19/h9-17H,1-8H3. The van der Waals surface area contributed by atoms with Gasteiger partial charge in [-0.2, -0.15) is 0 Å². The van der Waals surface area contributed by atoms with Crippen molar-refractivity contribution in [1.29, 1.82) is 0 Å². The van der Waals surface area contributed by atoms with Crippen LogP contribution in [0.5, 0.6) is 11.5 Å². The second-order valence-electron chi connectivity index (χ2n) is 9.09. The first-order valence-corrected chi connectivity index (χ1v) is 10.3. The summed E-state index contributed by atoms with van der Waals surface area (Å²) in [5, 5.41) is 0. The SMILES string of the molecule is Cc1cc(C(C)(C)C)cc(OC(=O)N(C(C)C)C(C)C)c1OC(=O)c1ccccc1. The van der Waals surface area contributed by atoms with E-state index in [1.807, 2.05) is 46.8 Å². The lowest BCUT2D eigenvalue weighted by Crippen LogP contribution is -2.43. The van der Waals surface area contributed by atoms with Crippen molar-refractivity contribution in [2.45, 2.75) is 72.9 Å². The molecule has 2 aromatic carbocycles. The van der Waals surface area contributed by atoms with Gasteiger partial charge in [-0.15, -0.1) is 0 Å². The highest BCUT2D eigenvalue weighted by Crippen LogP contribution is 2.37. The van der Waals surface area contributed by atoms with Gasteiger partial charge in [0.1, 0.15) is 0 Å². The number of benzene rings is 2. The van der Waals surface area contributed by atoms with Gasteiger partial charge in [-0.25, -0.2) is 9.59 Å². The summed E-state index contributed by atoms with van der Waals surface area (Å²) in [6, 6.07) is 12.5. The van der Waals surface area contributed by atoms with Gasteiger partial charge in [0.2, 0.25) is 0 Å². The van der Waals surface area contributed by atoms with Gasteiger partial charge in [0, 0.05) is 12.1 Å². The molecule has 0 N–H and O–H groups in total. The van der Waals surface area contributed by atoms with E-state index < -0.39 is 12.1 Å². The summed E-state index contributed by atoms with van der Waals surface area (Å²) in [6.45, 7) is 15.8. The number of hydrogen-bond acceptors (Lipinski definition) is 4. The topological polar surface area (TPSA) is 55.8 Å². The molecular weight excluding hydrogens is 378 g/mol.